The monoisotopic (exact) mass is 354 g/mol. The highest BCUT2D eigenvalue weighted by molar-refractivity contribution is 5.91. The fourth-order valence-corrected chi connectivity index (χ4v) is 4.10. The molecule has 0 N–H and O–H groups in total. The minimum atomic E-state index is -0.446. The van der Waals surface area contributed by atoms with Crippen molar-refractivity contribution in [3.05, 3.63) is 30.5 Å². The number of rotatable bonds is 1. The number of ether oxygens (including phenoxy) is 1. The van der Waals surface area contributed by atoms with Crippen LogP contribution >= 0.6 is 0 Å². The summed E-state index contributed by atoms with van der Waals surface area (Å²) in [6, 6.07) is 8.20. The van der Waals surface area contributed by atoms with E-state index in [0.717, 1.165) is 49.8 Å². The Bertz CT molecular complexity index is 817. The number of anilines is 1. The lowest BCUT2D eigenvalue weighted by atomic mass is 9.76. The normalized spacial score (nSPS) is 19.5. The van der Waals surface area contributed by atoms with E-state index < -0.39 is 5.60 Å². The molecule has 1 aromatic heterocycles. The quantitative estimate of drug-likeness (QED) is 0.783. The SMILES string of the molecule is CC(C)(C)OC(=O)N1CCC12CCN(c1cccc3nnccc13)CC2. The molecule has 6 heteroatoms. The Balaban J connectivity index is 1.48. The minimum Gasteiger partial charge on any atom is -0.444 e. The summed E-state index contributed by atoms with van der Waals surface area (Å²) in [6.45, 7) is 8.43. The van der Waals surface area contributed by atoms with E-state index >= 15 is 0 Å². The van der Waals surface area contributed by atoms with Crippen LogP contribution in [-0.2, 0) is 4.74 Å². The molecular weight excluding hydrogens is 328 g/mol. The number of carbonyl (C=O) groups is 1. The van der Waals surface area contributed by atoms with Gasteiger partial charge in [0.25, 0.3) is 0 Å². The topological polar surface area (TPSA) is 58.6 Å². The Morgan fingerprint density at radius 1 is 1.12 bits per heavy atom. The molecule has 2 aromatic rings. The van der Waals surface area contributed by atoms with Crippen molar-refractivity contribution in [2.75, 3.05) is 24.5 Å². The van der Waals surface area contributed by atoms with Crippen LogP contribution in [-0.4, -0.2) is 52.0 Å². The smallest absolute Gasteiger partial charge is 0.410 e. The summed E-state index contributed by atoms with van der Waals surface area (Å²) in [7, 11) is 0. The zero-order valence-corrected chi connectivity index (χ0v) is 15.7. The van der Waals surface area contributed by atoms with Crippen molar-refractivity contribution in [2.45, 2.75) is 51.2 Å². The number of amides is 1. The zero-order valence-electron chi connectivity index (χ0n) is 15.7. The van der Waals surface area contributed by atoms with Crippen LogP contribution in [0.1, 0.15) is 40.0 Å². The Hall–Kier alpha value is -2.37. The number of benzene rings is 1. The van der Waals surface area contributed by atoms with Crippen molar-refractivity contribution >= 4 is 22.7 Å². The molecule has 2 fully saturated rings. The van der Waals surface area contributed by atoms with Crippen LogP contribution in [0.3, 0.4) is 0 Å². The lowest BCUT2D eigenvalue weighted by Gasteiger charge is -2.56. The van der Waals surface area contributed by atoms with Gasteiger partial charge >= 0.3 is 6.09 Å². The van der Waals surface area contributed by atoms with Gasteiger partial charge in [-0.1, -0.05) is 6.07 Å². The van der Waals surface area contributed by atoms with Crippen molar-refractivity contribution in [3.63, 3.8) is 0 Å². The zero-order chi connectivity index (χ0) is 18.4. The lowest BCUT2D eigenvalue weighted by molar-refractivity contribution is -0.0541. The molecule has 0 saturated carbocycles. The van der Waals surface area contributed by atoms with E-state index in [1.807, 2.05) is 43.9 Å². The van der Waals surface area contributed by atoms with Crippen LogP contribution in [0.4, 0.5) is 10.5 Å². The molecule has 2 aliphatic heterocycles. The van der Waals surface area contributed by atoms with E-state index in [1.165, 1.54) is 5.69 Å². The van der Waals surface area contributed by atoms with E-state index in [9.17, 15) is 4.79 Å². The maximum absolute atomic E-state index is 12.5. The van der Waals surface area contributed by atoms with Crippen LogP contribution in [0.2, 0.25) is 0 Å². The van der Waals surface area contributed by atoms with Crippen molar-refractivity contribution in [3.8, 4) is 0 Å². The average molecular weight is 354 g/mol. The van der Waals surface area contributed by atoms with Gasteiger partial charge in [-0.05, 0) is 58.2 Å². The first-order valence-electron chi connectivity index (χ1n) is 9.34. The summed E-state index contributed by atoms with van der Waals surface area (Å²) in [5, 5.41) is 9.33. The average Bonchev–Trinajstić information content (AvgIpc) is 2.59. The number of piperidine rings is 1. The van der Waals surface area contributed by atoms with Crippen molar-refractivity contribution in [1.82, 2.24) is 15.1 Å². The summed E-state index contributed by atoms with van der Waals surface area (Å²) in [4.78, 5) is 16.9. The Morgan fingerprint density at radius 2 is 1.85 bits per heavy atom. The van der Waals surface area contributed by atoms with Gasteiger partial charge in [-0.2, -0.15) is 10.2 Å². The van der Waals surface area contributed by atoms with Crippen molar-refractivity contribution in [1.29, 1.82) is 0 Å². The van der Waals surface area contributed by atoms with Crippen molar-refractivity contribution < 1.29 is 9.53 Å². The van der Waals surface area contributed by atoms with Crippen LogP contribution in [0.25, 0.3) is 10.9 Å². The molecule has 0 unspecified atom stereocenters. The van der Waals surface area contributed by atoms with Crippen LogP contribution in [0.15, 0.2) is 30.5 Å². The first-order chi connectivity index (χ1) is 12.4. The Morgan fingerprint density at radius 3 is 2.50 bits per heavy atom. The standard InChI is InChI=1S/C20H26N4O2/c1-19(2,3)26-18(25)24-14-10-20(24)8-12-23(13-9-20)17-6-4-5-16-15(17)7-11-21-22-16/h4-7,11H,8-10,12-14H2,1-3H3. The van der Waals surface area contributed by atoms with Gasteiger partial charge in [0.2, 0.25) is 0 Å². The second-order valence-electron chi connectivity index (χ2n) is 8.33. The summed E-state index contributed by atoms with van der Waals surface area (Å²) in [5.41, 5.74) is 1.65. The highest BCUT2D eigenvalue weighted by Crippen LogP contribution is 2.42. The number of carbonyl (C=O) groups excluding carboxylic acids is 1. The number of aromatic nitrogens is 2. The Labute approximate surface area is 154 Å². The third-order valence-electron chi connectivity index (χ3n) is 5.56. The molecule has 0 atom stereocenters. The lowest BCUT2D eigenvalue weighted by Crippen LogP contribution is -2.66. The number of hydrogen-bond acceptors (Lipinski definition) is 5. The molecule has 2 saturated heterocycles. The van der Waals surface area contributed by atoms with Gasteiger partial charge in [0, 0.05) is 30.7 Å². The second-order valence-corrected chi connectivity index (χ2v) is 8.33. The molecular formula is C20H26N4O2. The van der Waals surface area contributed by atoms with Crippen LogP contribution in [0, 0.1) is 0 Å². The third kappa shape index (κ3) is 2.97. The van der Waals surface area contributed by atoms with E-state index in [0.29, 0.717) is 0 Å². The largest absolute Gasteiger partial charge is 0.444 e. The summed E-state index contributed by atoms with van der Waals surface area (Å²) in [5.74, 6) is 0. The molecule has 6 nitrogen and oxygen atoms in total. The van der Waals surface area contributed by atoms with Gasteiger partial charge < -0.3 is 14.5 Å². The number of hydrogen-bond donors (Lipinski definition) is 0. The molecule has 1 spiro atoms. The molecule has 4 rings (SSSR count). The molecule has 2 aliphatic rings. The molecule has 0 aliphatic carbocycles. The fourth-order valence-electron chi connectivity index (χ4n) is 4.10. The summed E-state index contributed by atoms with van der Waals surface area (Å²) in [6.07, 6.45) is 4.59. The minimum absolute atomic E-state index is 0.0246. The van der Waals surface area contributed by atoms with Gasteiger partial charge in [-0.15, -0.1) is 0 Å². The maximum Gasteiger partial charge on any atom is 0.410 e. The first kappa shape index (κ1) is 17.1. The summed E-state index contributed by atoms with van der Waals surface area (Å²) >= 11 is 0. The number of fused-ring (bicyclic) bond motifs is 1. The first-order valence-corrected chi connectivity index (χ1v) is 9.34. The number of likely N-dealkylation sites (tertiary alicyclic amines) is 1. The van der Waals surface area contributed by atoms with Crippen LogP contribution < -0.4 is 4.90 Å². The number of nitrogens with zero attached hydrogens (tertiary/aromatic N) is 4. The second kappa shape index (κ2) is 6.11. The van der Waals surface area contributed by atoms with Gasteiger partial charge in [0.1, 0.15) is 5.60 Å². The van der Waals surface area contributed by atoms with Gasteiger partial charge in [0.05, 0.1) is 17.3 Å². The van der Waals surface area contributed by atoms with E-state index in [4.69, 9.17) is 4.74 Å². The molecule has 3 heterocycles. The molecule has 138 valence electrons. The highest BCUT2D eigenvalue weighted by atomic mass is 16.6. The van der Waals surface area contributed by atoms with Gasteiger partial charge in [-0.3, -0.25) is 0 Å². The highest BCUT2D eigenvalue weighted by Gasteiger charge is 2.50. The van der Waals surface area contributed by atoms with E-state index in [1.54, 1.807) is 6.20 Å². The van der Waals surface area contributed by atoms with Crippen LogP contribution in [0.5, 0.6) is 0 Å². The summed E-state index contributed by atoms with van der Waals surface area (Å²) < 4.78 is 5.60. The molecule has 1 aromatic carbocycles. The van der Waals surface area contributed by atoms with Gasteiger partial charge in [-0.25, -0.2) is 4.79 Å². The molecule has 1 amide bonds. The predicted octanol–water partition coefficient (Wildman–Crippen LogP) is 3.61. The molecule has 0 bridgehead atoms. The van der Waals surface area contributed by atoms with E-state index in [-0.39, 0.29) is 11.6 Å². The van der Waals surface area contributed by atoms with Crippen molar-refractivity contribution in [2.24, 2.45) is 0 Å². The van der Waals surface area contributed by atoms with E-state index in [2.05, 4.69) is 21.2 Å². The molecule has 26 heavy (non-hydrogen) atoms. The maximum atomic E-state index is 12.5. The van der Waals surface area contributed by atoms with Gasteiger partial charge in [0.15, 0.2) is 0 Å². The molecule has 0 radical (unpaired) electrons. The predicted molar refractivity (Wildman–Crippen MR) is 101 cm³/mol. The fraction of sp³-hybridized carbons (Fsp3) is 0.550. The third-order valence-corrected chi connectivity index (χ3v) is 5.56. The Kier molecular flexibility index (Phi) is 4.01.